The maximum Gasteiger partial charge on any atom is 0.269 e. The molecule has 0 unspecified atom stereocenters. The van der Waals surface area contributed by atoms with Gasteiger partial charge in [-0.25, -0.2) is 4.68 Å². The first kappa shape index (κ1) is 25.0. The number of hydrogen-bond acceptors (Lipinski definition) is 7. The molecule has 3 aromatic carbocycles. The van der Waals surface area contributed by atoms with Crippen molar-refractivity contribution in [2.24, 2.45) is 0 Å². The SMILES string of the molecule is Cc1ccc(NC(=O)Cn2cc(COc3ccc(C(=O)/C=C/c4ccc([N+](=O)[O-])cc4)cc3)nn2)cc1. The van der Waals surface area contributed by atoms with Crippen LogP contribution in [0.4, 0.5) is 11.4 Å². The number of hydrogen-bond donors (Lipinski definition) is 1. The minimum atomic E-state index is -0.476. The summed E-state index contributed by atoms with van der Waals surface area (Å²) in [5.74, 6) is 0.114. The number of anilines is 1. The minimum absolute atomic E-state index is 0.00905. The zero-order chi connectivity index (χ0) is 26.2. The first-order valence-corrected chi connectivity index (χ1v) is 11.3. The van der Waals surface area contributed by atoms with Crippen molar-refractivity contribution in [3.05, 3.63) is 118 Å². The number of carbonyl (C=O) groups is 2. The summed E-state index contributed by atoms with van der Waals surface area (Å²) in [6.07, 6.45) is 4.64. The van der Waals surface area contributed by atoms with Gasteiger partial charge in [-0.3, -0.25) is 19.7 Å². The first-order valence-electron chi connectivity index (χ1n) is 11.3. The third-order valence-corrected chi connectivity index (χ3v) is 5.28. The second kappa shape index (κ2) is 11.5. The molecule has 0 spiro atoms. The molecule has 4 aromatic rings. The van der Waals surface area contributed by atoms with Crippen LogP contribution < -0.4 is 10.1 Å². The molecule has 0 saturated heterocycles. The summed E-state index contributed by atoms with van der Waals surface area (Å²) in [7, 11) is 0. The van der Waals surface area contributed by atoms with Crippen molar-refractivity contribution < 1.29 is 19.2 Å². The molecule has 1 amide bonds. The maximum atomic E-state index is 12.4. The Morgan fingerprint density at radius 2 is 1.73 bits per heavy atom. The molecule has 10 heteroatoms. The van der Waals surface area contributed by atoms with E-state index in [0.717, 1.165) is 5.56 Å². The molecule has 1 N–H and O–H groups in total. The first-order chi connectivity index (χ1) is 17.9. The van der Waals surface area contributed by atoms with Crippen molar-refractivity contribution in [3.8, 4) is 5.75 Å². The van der Waals surface area contributed by atoms with Crippen LogP contribution in [0.2, 0.25) is 0 Å². The third-order valence-electron chi connectivity index (χ3n) is 5.28. The molecule has 1 aromatic heterocycles. The predicted octanol–water partition coefficient (Wildman–Crippen LogP) is 4.61. The number of nitro benzene ring substituents is 1. The molecule has 37 heavy (non-hydrogen) atoms. The van der Waals surface area contributed by atoms with Crippen LogP contribution in [0.1, 0.15) is 27.2 Å². The summed E-state index contributed by atoms with van der Waals surface area (Å²) < 4.78 is 7.14. The summed E-state index contributed by atoms with van der Waals surface area (Å²) in [6, 6.07) is 20.1. The lowest BCUT2D eigenvalue weighted by molar-refractivity contribution is -0.384. The number of nitrogens with one attached hydrogen (secondary N) is 1. The molecular formula is C27H23N5O5. The number of rotatable bonds is 10. The van der Waals surface area contributed by atoms with E-state index in [1.807, 2.05) is 31.2 Å². The maximum absolute atomic E-state index is 12.4. The molecule has 1 heterocycles. The number of allylic oxidation sites excluding steroid dienone is 1. The van der Waals surface area contributed by atoms with E-state index in [-0.39, 0.29) is 30.5 Å². The van der Waals surface area contributed by atoms with Gasteiger partial charge >= 0.3 is 0 Å². The molecule has 0 aliphatic carbocycles. The number of amides is 1. The van der Waals surface area contributed by atoms with E-state index in [1.54, 1.807) is 48.7 Å². The normalized spacial score (nSPS) is 10.8. The lowest BCUT2D eigenvalue weighted by Gasteiger charge is -2.05. The van der Waals surface area contributed by atoms with Crippen LogP contribution in [0.25, 0.3) is 6.08 Å². The molecule has 0 atom stereocenters. The van der Waals surface area contributed by atoms with Crippen LogP contribution in [0.5, 0.6) is 5.75 Å². The number of nitrogens with zero attached hydrogens (tertiary/aromatic N) is 4. The number of aryl methyl sites for hydroxylation is 1. The molecule has 186 valence electrons. The van der Waals surface area contributed by atoms with E-state index < -0.39 is 4.92 Å². The minimum Gasteiger partial charge on any atom is -0.487 e. The number of aromatic nitrogens is 3. The standard InChI is InChI=1S/C27H23N5O5/c1-19-2-9-22(10-3-19)28-27(34)17-31-16-23(29-30-31)18-37-25-13-7-21(8-14-25)26(33)15-6-20-4-11-24(12-5-20)32(35)36/h2-16H,17-18H2,1H3,(H,28,34)/b15-6+. The summed E-state index contributed by atoms with van der Waals surface area (Å²) in [5.41, 5.74) is 3.51. The highest BCUT2D eigenvalue weighted by atomic mass is 16.6. The van der Waals surface area contributed by atoms with E-state index in [1.165, 1.54) is 22.9 Å². The quantitative estimate of drug-likeness (QED) is 0.147. The van der Waals surface area contributed by atoms with Crippen molar-refractivity contribution in [2.45, 2.75) is 20.1 Å². The Morgan fingerprint density at radius 1 is 1.03 bits per heavy atom. The van der Waals surface area contributed by atoms with E-state index in [9.17, 15) is 19.7 Å². The number of ketones is 1. The topological polar surface area (TPSA) is 129 Å². The summed E-state index contributed by atoms with van der Waals surface area (Å²) in [4.78, 5) is 34.9. The van der Waals surface area contributed by atoms with Crippen molar-refractivity contribution in [3.63, 3.8) is 0 Å². The fraction of sp³-hybridized carbons (Fsp3) is 0.111. The number of benzene rings is 3. The monoisotopic (exact) mass is 497 g/mol. The molecule has 10 nitrogen and oxygen atoms in total. The number of ether oxygens (including phenoxy) is 1. The summed E-state index contributed by atoms with van der Waals surface area (Å²) in [5, 5.41) is 21.5. The zero-order valence-corrected chi connectivity index (χ0v) is 19.9. The van der Waals surface area contributed by atoms with Gasteiger partial charge in [0.05, 0.1) is 11.1 Å². The second-order valence-electron chi connectivity index (χ2n) is 8.18. The van der Waals surface area contributed by atoms with Gasteiger partial charge in [-0.15, -0.1) is 5.10 Å². The zero-order valence-electron chi connectivity index (χ0n) is 19.9. The third kappa shape index (κ3) is 7.18. The number of nitro groups is 1. The van der Waals surface area contributed by atoms with Crippen molar-refractivity contribution in [1.29, 1.82) is 0 Å². The van der Waals surface area contributed by atoms with Crippen LogP contribution in [0.15, 0.2) is 85.1 Å². The Bertz CT molecular complexity index is 1430. The molecule has 0 aliphatic heterocycles. The Morgan fingerprint density at radius 3 is 2.41 bits per heavy atom. The lowest BCUT2D eigenvalue weighted by atomic mass is 10.1. The molecule has 0 aliphatic rings. The highest BCUT2D eigenvalue weighted by Gasteiger charge is 2.08. The Kier molecular flexibility index (Phi) is 7.79. The molecule has 4 rings (SSSR count). The van der Waals surface area contributed by atoms with Gasteiger partial charge in [-0.05, 0) is 67.1 Å². The Hall–Kier alpha value is -5.12. The van der Waals surface area contributed by atoms with Gasteiger partial charge in [0.1, 0.15) is 24.6 Å². The summed E-state index contributed by atoms with van der Waals surface area (Å²) >= 11 is 0. The highest BCUT2D eigenvalue weighted by Crippen LogP contribution is 2.16. The number of non-ortho nitro benzene ring substituents is 1. The fourth-order valence-electron chi connectivity index (χ4n) is 3.31. The van der Waals surface area contributed by atoms with Crippen LogP contribution in [-0.4, -0.2) is 31.6 Å². The van der Waals surface area contributed by atoms with Gasteiger partial charge in [-0.2, -0.15) is 0 Å². The molecule has 0 radical (unpaired) electrons. The van der Waals surface area contributed by atoms with Crippen LogP contribution >= 0.6 is 0 Å². The van der Waals surface area contributed by atoms with Crippen LogP contribution in [0, 0.1) is 17.0 Å². The molecule has 0 saturated carbocycles. The van der Waals surface area contributed by atoms with Crippen LogP contribution in [0.3, 0.4) is 0 Å². The predicted molar refractivity (Wildman–Crippen MR) is 137 cm³/mol. The van der Waals surface area contributed by atoms with E-state index in [0.29, 0.717) is 28.3 Å². The van der Waals surface area contributed by atoms with E-state index in [4.69, 9.17) is 4.74 Å². The van der Waals surface area contributed by atoms with Gasteiger partial charge in [0.25, 0.3) is 5.69 Å². The van der Waals surface area contributed by atoms with Crippen molar-refractivity contribution >= 4 is 29.1 Å². The Labute approximate surface area is 212 Å². The second-order valence-corrected chi connectivity index (χ2v) is 8.18. The number of carbonyl (C=O) groups excluding carboxylic acids is 2. The van der Waals surface area contributed by atoms with Gasteiger partial charge in [0.2, 0.25) is 5.91 Å². The van der Waals surface area contributed by atoms with Gasteiger partial charge < -0.3 is 10.1 Å². The van der Waals surface area contributed by atoms with Crippen molar-refractivity contribution in [1.82, 2.24) is 15.0 Å². The van der Waals surface area contributed by atoms with Crippen molar-refractivity contribution in [2.75, 3.05) is 5.32 Å². The smallest absolute Gasteiger partial charge is 0.269 e. The van der Waals surface area contributed by atoms with Gasteiger partial charge in [0.15, 0.2) is 5.78 Å². The molecular weight excluding hydrogens is 474 g/mol. The lowest BCUT2D eigenvalue weighted by Crippen LogP contribution is -2.19. The van der Waals surface area contributed by atoms with E-state index in [2.05, 4.69) is 15.6 Å². The van der Waals surface area contributed by atoms with Gasteiger partial charge in [0, 0.05) is 23.4 Å². The summed E-state index contributed by atoms with van der Waals surface area (Å²) in [6.45, 7) is 2.14. The Balaban J connectivity index is 1.26. The molecule has 0 fully saturated rings. The average molecular weight is 498 g/mol. The van der Waals surface area contributed by atoms with E-state index >= 15 is 0 Å². The fourth-order valence-corrected chi connectivity index (χ4v) is 3.31. The van der Waals surface area contributed by atoms with Crippen LogP contribution in [-0.2, 0) is 17.9 Å². The largest absolute Gasteiger partial charge is 0.487 e. The van der Waals surface area contributed by atoms with Gasteiger partial charge in [-0.1, -0.05) is 29.0 Å². The molecule has 0 bridgehead atoms. The highest BCUT2D eigenvalue weighted by molar-refractivity contribution is 6.06. The average Bonchev–Trinajstić information content (AvgIpc) is 3.35.